The Hall–Kier alpha value is -4.28. The number of hydrogen-bond donors (Lipinski definition) is 0. The number of aryl methyl sites for hydroxylation is 1. The van der Waals surface area contributed by atoms with E-state index in [0.29, 0.717) is 49.6 Å². The Morgan fingerprint density at radius 2 is 1.97 bits per heavy atom. The third-order valence-corrected chi connectivity index (χ3v) is 6.29. The van der Waals surface area contributed by atoms with Gasteiger partial charge in [-0.05, 0) is 44.9 Å². The summed E-state index contributed by atoms with van der Waals surface area (Å²) in [7, 11) is 0. The zero-order chi connectivity index (χ0) is 25.2. The predicted octanol–water partition coefficient (Wildman–Crippen LogP) is 2.32. The van der Waals surface area contributed by atoms with Crippen LogP contribution in [0.2, 0.25) is 0 Å². The second-order valence-electron chi connectivity index (χ2n) is 8.76. The van der Waals surface area contributed by atoms with Gasteiger partial charge in [-0.1, -0.05) is 28.9 Å². The SMILES string of the molecule is CCOC(=O)C1CCN(C(=O)Cn2nc3c(-c4nc(-c5cccc(C)c5)no4)cccn3c2=O)CC1. The molecule has 0 saturated carbocycles. The molecule has 0 atom stereocenters. The summed E-state index contributed by atoms with van der Waals surface area (Å²) < 4.78 is 13.1. The summed E-state index contributed by atoms with van der Waals surface area (Å²) in [5, 5.41) is 8.48. The third kappa shape index (κ3) is 4.51. The first kappa shape index (κ1) is 23.5. The van der Waals surface area contributed by atoms with Gasteiger partial charge in [-0.3, -0.25) is 9.59 Å². The topological polar surface area (TPSA) is 125 Å². The first-order chi connectivity index (χ1) is 17.4. The lowest BCUT2D eigenvalue weighted by molar-refractivity contribution is -0.151. The minimum atomic E-state index is -0.444. The number of ether oxygens (including phenoxy) is 1. The van der Waals surface area contributed by atoms with E-state index < -0.39 is 5.69 Å². The highest BCUT2D eigenvalue weighted by atomic mass is 16.5. The van der Waals surface area contributed by atoms with Crippen LogP contribution in [-0.4, -0.2) is 60.8 Å². The Morgan fingerprint density at radius 3 is 2.72 bits per heavy atom. The molecule has 1 saturated heterocycles. The quantitative estimate of drug-likeness (QED) is 0.377. The van der Waals surface area contributed by atoms with Crippen LogP contribution in [0.4, 0.5) is 0 Å². The first-order valence-corrected chi connectivity index (χ1v) is 11.9. The molecule has 186 valence electrons. The van der Waals surface area contributed by atoms with Crippen LogP contribution >= 0.6 is 0 Å². The number of pyridine rings is 1. The Bertz CT molecular complexity index is 1480. The van der Waals surface area contributed by atoms with E-state index in [1.165, 1.54) is 4.40 Å². The van der Waals surface area contributed by atoms with Gasteiger partial charge >= 0.3 is 11.7 Å². The lowest BCUT2D eigenvalue weighted by Crippen LogP contribution is -2.43. The van der Waals surface area contributed by atoms with Crippen LogP contribution in [0.1, 0.15) is 25.3 Å². The number of hydrogen-bond acceptors (Lipinski definition) is 8. The van der Waals surface area contributed by atoms with Gasteiger partial charge in [0.05, 0.1) is 18.1 Å². The van der Waals surface area contributed by atoms with Gasteiger partial charge in [0.25, 0.3) is 5.89 Å². The van der Waals surface area contributed by atoms with Crippen molar-refractivity contribution in [2.75, 3.05) is 19.7 Å². The van der Waals surface area contributed by atoms with E-state index in [9.17, 15) is 14.4 Å². The number of amides is 1. The molecule has 1 aromatic carbocycles. The summed E-state index contributed by atoms with van der Waals surface area (Å²) in [6.45, 7) is 4.75. The average molecular weight is 491 g/mol. The summed E-state index contributed by atoms with van der Waals surface area (Å²) in [6, 6.07) is 11.2. The summed E-state index contributed by atoms with van der Waals surface area (Å²) >= 11 is 0. The molecule has 5 rings (SSSR count). The van der Waals surface area contributed by atoms with Gasteiger partial charge in [-0.25, -0.2) is 13.9 Å². The summed E-state index contributed by atoms with van der Waals surface area (Å²) in [5.41, 5.74) is 2.25. The highest BCUT2D eigenvalue weighted by Crippen LogP contribution is 2.25. The minimum absolute atomic E-state index is 0.200. The monoisotopic (exact) mass is 490 g/mol. The van der Waals surface area contributed by atoms with E-state index >= 15 is 0 Å². The largest absolute Gasteiger partial charge is 0.466 e. The number of piperidine rings is 1. The average Bonchev–Trinajstić information content (AvgIpc) is 3.50. The van der Waals surface area contributed by atoms with Crippen LogP contribution in [0, 0.1) is 12.8 Å². The summed E-state index contributed by atoms with van der Waals surface area (Å²) in [5.74, 6) is -0.00163. The van der Waals surface area contributed by atoms with Crippen molar-refractivity contribution in [1.82, 2.24) is 29.2 Å². The molecule has 1 aliphatic rings. The van der Waals surface area contributed by atoms with Crippen molar-refractivity contribution in [3.63, 3.8) is 0 Å². The Kier molecular flexibility index (Phi) is 6.36. The van der Waals surface area contributed by atoms with Gasteiger partial charge < -0.3 is 14.2 Å². The van der Waals surface area contributed by atoms with E-state index in [0.717, 1.165) is 15.8 Å². The number of benzene rings is 1. The fourth-order valence-corrected chi connectivity index (χ4v) is 4.40. The fraction of sp³-hybridized carbons (Fsp3) is 0.360. The molecule has 0 aliphatic carbocycles. The van der Waals surface area contributed by atoms with E-state index in [1.807, 2.05) is 31.2 Å². The molecule has 36 heavy (non-hydrogen) atoms. The molecule has 0 N–H and O–H groups in total. The molecule has 1 fully saturated rings. The molecule has 11 nitrogen and oxygen atoms in total. The van der Waals surface area contributed by atoms with Gasteiger partial charge in [0.2, 0.25) is 11.7 Å². The zero-order valence-corrected chi connectivity index (χ0v) is 20.1. The Balaban J connectivity index is 1.35. The number of rotatable bonds is 6. The van der Waals surface area contributed by atoms with Crippen LogP contribution in [0.3, 0.4) is 0 Å². The van der Waals surface area contributed by atoms with E-state index in [4.69, 9.17) is 9.26 Å². The maximum Gasteiger partial charge on any atom is 0.350 e. The number of carbonyl (C=O) groups excluding carboxylic acids is 2. The van der Waals surface area contributed by atoms with Gasteiger partial charge in [-0.15, -0.1) is 5.10 Å². The van der Waals surface area contributed by atoms with Crippen LogP contribution in [0.15, 0.2) is 51.9 Å². The number of carbonyl (C=O) groups is 2. The van der Waals surface area contributed by atoms with Crippen LogP contribution in [0.25, 0.3) is 28.5 Å². The first-order valence-electron chi connectivity index (χ1n) is 11.9. The fourth-order valence-electron chi connectivity index (χ4n) is 4.40. The van der Waals surface area contributed by atoms with Crippen molar-refractivity contribution in [3.8, 4) is 22.8 Å². The van der Waals surface area contributed by atoms with Crippen LogP contribution in [-0.2, 0) is 20.9 Å². The predicted molar refractivity (Wildman–Crippen MR) is 129 cm³/mol. The molecule has 4 aromatic rings. The normalized spacial score (nSPS) is 14.3. The maximum atomic E-state index is 13.0. The summed E-state index contributed by atoms with van der Waals surface area (Å²) in [4.78, 5) is 44.0. The molecule has 11 heteroatoms. The van der Waals surface area contributed by atoms with E-state index in [2.05, 4.69) is 15.2 Å². The third-order valence-electron chi connectivity index (χ3n) is 6.29. The lowest BCUT2D eigenvalue weighted by Gasteiger charge is -2.30. The number of aromatic nitrogens is 5. The molecule has 4 heterocycles. The van der Waals surface area contributed by atoms with Crippen LogP contribution < -0.4 is 5.69 Å². The molecule has 3 aromatic heterocycles. The van der Waals surface area contributed by atoms with E-state index in [1.54, 1.807) is 30.2 Å². The molecule has 0 spiro atoms. The van der Waals surface area contributed by atoms with Crippen molar-refractivity contribution < 1.29 is 18.8 Å². The Morgan fingerprint density at radius 1 is 1.17 bits per heavy atom. The number of nitrogens with zero attached hydrogens (tertiary/aromatic N) is 6. The van der Waals surface area contributed by atoms with Gasteiger partial charge in [0, 0.05) is 24.8 Å². The molecule has 0 unspecified atom stereocenters. The van der Waals surface area contributed by atoms with Gasteiger partial charge in [0.15, 0.2) is 5.65 Å². The number of fused-ring (bicyclic) bond motifs is 1. The second-order valence-corrected chi connectivity index (χ2v) is 8.76. The minimum Gasteiger partial charge on any atom is -0.466 e. The van der Waals surface area contributed by atoms with E-state index in [-0.39, 0.29) is 30.2 Å². The maximum absolute atomic E-state index is 13.0. The van der Waals surface area contributed by atoms with Crippen molar-refractivity contribution in [1.29, 1.82) is 0 Å². The number of likely N-dealkylation sites (tertiary alicyclic amines) is 1. The molecular formula is C25H26N6O5. The molecule has 0 radical (unpaired) electrons. The molecular weight excluding hydrogens is 464 g/mol. The zero-order valence-electron chi connectivity index (χ0n) is 20.1. The van der Waals surface area contributed by atoms with Crippen LogP contribution in [0.5, 0.6) is 0 Å². The highest BCUT2D eigenvalue weighted by Gasteiger charge is 2.29. The van der Waals surface area contributed by atoms with Crippen molar-refractivity contribution >= 4 is 17.5 Å². The lowest BCUT2D eigenvalue weighted by atomic mass is 9.97. The van der Waals surface area contributed by atoms with Gasteiger partial charge in [-0.2, -0.15) is 4.98 Å². The van der Waals surface area contributed by atoms with Crippen molar-refractivity contribution in [2.45, 2.75) is 33.2 Å². The van der Waals surface area contributed by atoms with Gasteiger partial charge in [0.1, 0.15) is 6.54 Å². The Labute approximate surface area is 206 Å². The standard InChI is InChI=1S/C25H26N6O5/c1-3-35-24(33)17-9-12-29(13-10-17)20(32)15-31-25(34)30-11-5-8-19(22(30)27-31)23-26-21(28-36-23)18-7-4-6-16(2)14-18/h4-8,11,14,17H,3,9-10,12-13,15H2,1-2H3. The molecule has 1 aliphatic heterocycles. The highest BCUT2D eigenvalue weighted by molar-refractivity contribution is 5.77. The second kappa shape index (κ2) is 9.76. The molecule has 0 bridgehead atoms. The smallest absolute Gasteiger partial charge is 0.350 e. The summed E-state index contributed by atoms with van der Waals surface area (Å²) in [6.07, 6.45) is 2.66. The molecule has 1 amide bonds. The van der Waals surface area contributed by atoms with Crippen molar-refractivity contribution in [3.05, 3.63) is 58.6 Å². The van der Waals surface area contributed by atoms with Crippen molar-refractivity contribution in [2.24, 2.45) is 5.92 Å². The number of esters is 1.